The van der Waals surface area contributed by atoms with E-state index in [9.17, 15) is 4.79 Å². The fourth-order valence-electron chi connectivity index (χ4n) is 2.55. The first kappa shape index (κ1) is 13.2. The van der Waals surface area contributed by atoms with Crippen molar-refractivity contribution in [2.45, 2.75) is 12.8 Å². The molecule has 1 aromatic heterocycles. The molecule has 3 rings (SSSR count). The summed E-state index contributed by atoms with van der Waals surface area (Å²) in [5.74, 6) is 0.944. The first-order valence-electron chi connectivity index (χ1n) is 6.62. The SMILES string of the molecule is COc1ccc2c(c1)-c1sc(C(=O)N(C)C)cc1CC2. The number of benzene rings is 1. The average molecular weight is 287 g/mol. The molecule has 0 N–H and O–H groups in total. The van der Waals surface area contributed by atoms with Gasteiger partial charge in [0.2, 0.25) is 0 Å². The Kier molecular flexibility index (Phi) is 3.26. The number of fused-ring (bicyclic) bond motifs is 3. The Morgan fingerprint density at radius 3 is 2.65 bits per heavy atom. The number of nitrogens with zero attached hydrogens (tertiary/aromatic N) is 1. The molecule has 1 heterocycles. The number of methoxy groups -OCH3 is 1. The van der Waals surface area contributed by atoms with Gasteiger partial charge in [-0.2, -0.15) is 0 Å². The number of carbonyl (C=O) groups is 1. The summed E-state index contributed by atoms with van der Waals surface area (Å²) in [5.41, 5.74) is 3.83. The Hall–Kier alpha value is -1.81. The van der Waals surface area contributed by atoms with Gasteiger partial charge in [0.25, 0.3) is 5.91 Å². The lowest BCUT2D eigenvalue weighted by atomic mass is 9.91. The molecule has 1 aliphatic carbocycles. The summed E-state index contributed by atoms with van der Waals surface area (Å²) in [7, 11) is 5.26. The van der Waals surface area contributed by atoms with Gasteiger partial charge in [-0.1, -0.05) is 6.07 Å². The predicted molar refractivity (Wildman–Crippen MR) is 81.7 cm³/mol. The van der Waals surface area contributed by atoms with Crippen molar-refractivity contribution < 1.29 is 9.53 Å². The fraction of sp³-hybridized carbons (Fsp3) is 0.312. The molecule has 2 aromatic rings. The van der Waals surface area contributed by atoms with Gasteiger partial charge in [0.05, 0.1) is 12.0 Å². The minimum absolute atomic E-state index is 0.0776. The second kappa shape index (κ2) is 4.94. The zero-order valence-corrected chi connectivity index (χ0v) is 12.7. The minimum atomic E-state index is 0.0776. The van der Waals surface area contributed by atoms with Crippen LogP contribution in [0.5, 0.6) is 5.75 Å². The second-order valence-corrected chi connectivity index (χ2v) is 6.24. The maximum absolute atomic E-state index is 12.1. The van der Waals surface area contributed by atoms with E-state index in [2.05, 4.69) is 12.1 Å². The van der Waals surface area contributed by atoms with Crippen molar-refractivity contribution in [3.63, 3.8) is 0 Å². The third-order valence-corrected chi connectivity index (χ3v) is 4.85. The highest BCUT2D eigenvalue weighted by molar-refractivity contribution is 7.17. The van der Waals surface area contributed by atoms with E-state index < -0.39 is 0 Å². The van der Waals surface area contributed by atoms with Crippen LogP contribution in [0.15, 0.2) is 24.3 Å². The molecule has 1 aromatic carbocycles. The summed E-state index contributed by atoms with van der Waals surface area (Å²) < 4.78 is 5.32. The van der Waals surface area contributed by atoms with Crippen molar-refractivity contribution in [2.24, 2.45) is 0 Å². The minimum Gasteiger partial charge on any atom is -0.497 e. The van der Waals surface area contributed by atoms with E-state index >= 15 is 0 Å². The van der Waals surface area contributed by atoms with Crippen LogP contribution in [0.4, 0.5) is 0 Å². The third kappa shape index (κ3) is 2.10. The number of thiophene rings is 1. The van der Waals surface area contributed by atoms with Crippen LogP contribution in [0.3, 0.4) is 0 Å². The van der Waals surface area contributed by atoms with Crippen molar-refractivity contribution in [1.29, 1.82) is 0 Å². The lowest BCUT2D eigenvalue weighted by Gasteiger charge is -2.16. The summed E-state index contributed by atoms with van der Waals surface area (Å²) in [6, 6.07) is 8.26. The Balaban J connectivity index is 2.09. The van der Waals surface area contributed by atoms with Gasteiger partial charge in [0, 0.05) is 19.0 Å². The largest absolute Gasteiger partial charge is 0.497 e. The molecule has 104 valence electrons. The number of rotatable bonds is 2. The van der Waals surface area contributed by atoms with Crippen LogP contribution in [-0.4, -0.2) is 32.0 Å². The molecule has 3 nitrogen and oxygen atoms in total. The summed E-state index contributed by atoms with van der Waals surface area (Å²) in [5, 5.41) is 0. The van der Waals surface area contributed by atoms with Crippen LogP contribution >= 0.6 is 11.3 Å². The number of amides is 1. The van der Waals surface area contributed by atoms with Gasteiger partial charge >= 0.3 is 0 Å². The first-order valence-corrected chi connectivity index (χ1v) is 7.43. The van der Waals surface area contributed by atoms with E-state index in [1.807, 2.05) is 12.1 Å². The summed E-state index contributed by atoms with van der Waals surface area (Å²) in [4.78, 5) is 15.8. The molecule has 0 radical (unpaired) electrons. The maximum Gasteiger partial charge on any atom is 0.263 e. The Morgan fingerprint density at radius 2 is 1.95 bits per heavy atom. The van der Waals surface area contributed by atoms with E-state index in [0.29, 0.717) is 0 Å². The molecule has 4 heteroatoms. The second-order valence-electron chi connectivity index (χ2n) is 5.19. The molecule has 0 bridgehead atoms. The van der Waals surface area contributed by atoms with Gasteiger partial charge in [-0.25, -0.2) is 0 Å². The number of carbonyl (C=O) groups excluding carboxylic acids is 1. The summed E-state index contributed by atoms with van der Waals surface area (Å²) >= 11 is 1.59. The maximum atomic E-state index is 12.1. The summed E-state index contributed by atoms with van der Waals surface area (Å²) in [6.45, 7) is 0. The lowest BCUT2D eigenvalue weighted by Crippen LogP contribution is -2.20. The molecular weight excluding hydrogens is 270 g/mol. The van der Waals surface area contributed by atoms with E-state index in [-0.39, 0.29) is 5.91 Å². The van der Waals surface area contributed by atoms with Crippen LogP contribution in [0.25, 0.3) is 10.4 Å². The average Bonchev–Trinajstić information content (AvgIpc) is 2.90. The monoisotopic (exact) mass is 287 g/mol. The Labute approximate surface area is 122 Å². The highest BCUT2D eigenvalue weighted by Crippen LogP contribution is 2.41. The highest BCUT2D eigenvalue weighted by atomic mass is 32.1. The molecule has 0 unspecified atom stereocenters. The Bertz CT molecular complexity index is 673. The molecule has 0 fully saturated rings. The zero-order chi connectivity index (χ0) is 14.3. The first-order chi connectivity index (χ1) is 9.60. The molecule has 0 spiro atoms. The van der Waals surface area contributed by atoms with Crippen LogP contribution in [0, 0.1) is 0 Å². The fourth-order valence-corrected chi connectivity index (χ4v) is 3.83. The van der Waals surface area contributed by atoms with Crippen LogP contribution in [-0.2, 0) is 12.8 Å². The Morgan fingerprint density at radius 1 is 1.20 bits per heavy atom. The molecule has 0 saturated heterocycles. The third-order valence-electron chi connectivity index (χ3n) is 3.65. The zero-order valence-electron chi connectivity index (χ0n) is 11.9. The number of hydrogen-bond acceptors (Lipinski definition) is 3. The molecule has 20 heavy (non-hydrogen) atoms. The van der Waals surface area contributed by atoms with Crippen molar-refractivity contribution in [2.75, 3.05) is 21.2 Å². The molecule has 1 aliphatic rings. The van der Waals surface area contributed by atoms with Gasteiger partial charge in [-0.05, 0) is 47.7 Å². The lowest BCUT2D eigenvalue weighted by molar-refractivity contribution is 0.0832. The van der Waals surface area contributed by atoms with Crippen LogP contribution < -0.4 is 4.74 Å². The van der Waals surface area contributed by atoms with Gasteiger partial charge in [-0.15, -0.1) is 11.3 Å². The van der Waals surface area contributed by atoms with E-state index in [1.165, 1.54) is 21.6 Å². The number of aryl methyl sites for hydroxylation is 2. The molecular formula is C16H17NO2S. The molecule has 0 saturated carbocycles. The summed E-state index contributed by atoms with van der Waals surface area (Å²) in [6.07, 6.45) is 2.03. The highest BCUT2D eigenvalue weighted by Gasteiger charge is 2.22. The normalized spacial score (nSPS) is 12.6. The van der Waals surface area contributed by atoms with Gasteiger partial charge in [0.15, 0.2) is 0 Å². The molecule has 0 aliphatic heterocycles. The van der Waals surface area contributed by atoms with E-state index in [4.69, 9.17) is 4.74 Å². The molecule has 0 atom stereocenters. The van der Waals surface area contributed by atoms with E-state index in [1.54, 1.807) is 37.4 Å². The van der Waals surface area contributed by atoms with Crippen molar-refractivity contribution in [3.8, 4) is 16.2 Å². The molecule has 1 amide bonds. The predicted octanol–water partition coefficient (Wildman–Crippen LogP) is 3.22. The van der Waals surface area contributed by atoms with Crippen molar-refractivity contribution in [1.82, 2.24) is 4.90 Å². The van der Waals surface area contributed by atoms with Crippen LogP contribution in [0.2, 0.25) is 0 Å². The quantitative estimate of drug-likeness (QED) is 0.848. The van der Waals surface area contributed by atoms with E-state index in [0.717, 1.165) is 23.5 Å². The number of ether oxygens (including phenoxy) is 1. The smallest absolute Gasteiger partial charge is 0.263 e. The van der Waals surface area contributed by atoms with Gasteiger partial charge in [0.1, 0.15) is 5.75 Å². The topological polar surface area (TPSA) is 29.5 Å². The standard InChI is InChI=1S/C16H17NO2S/c1-17(2)16(18)14-8-11-5-4-10-6-7-12(19-3)9-13(10)15(11)20-14/h6-9H,4-5H2,1-3H3. The van der Waals surface area contributed by atoms with Crippen molar-refractivity contribution >= 4 is 17.2 Å². The van der Waals surface area contributed by atoms with Crippen molar-refractivity contribution in [3.05, 3.63) is 40.3 Å². The number of hydrogen-bond donors (Lipinski definition) is 0. The van der Waals surface area contributed by atoms with Gasteiger partial charge in [-0.3, -0.25) is 4.79 Å². The van der Waals surface area contributed by atoms with Crippen LogP contribution in [0.1, 0.15) is 20.8 Å². The van der Waals surface area contributed by atoms with Gasteiger partial charge < -0.3 is 9.64 Å².